The number of aromatic nitrogens is 3. The molecule has 22 heavy (non-hydrogen) atoms. The second kappa shape index (κ2) is 6.05. The van der Waals surface area contributed by atoms with Gasteiger partial charge in [-0.2, -0.15) is 0 Å². The number of hydrogen-bond acceptors (Lipinski definition) is 5. The highest BCUT2D eigenvalue weighted by Gasteiger charge is 2.26. The lowest BCUT2D eigenvalue weighted by molar-refractivity contribution is 0.463. The molecule has 2 aromatic rings. The Labute approximate surface area is 130 Å². The van der Waals surface area contributed by atoms with Crippen molar-refractivity contribution in [2.24, 2.45) is 7.05 Å². The fourth-order valence-corrected chi connectivity index (χ4v) is 3.87. The first-order valence-corrected chi connectivity index (χ1v) is 8.69. The number of sulfonamides is 1. The van der Waals surface area contributed by atoms with Crippen LogP contribution < -0.4 is 9.62 Å². The number of hydrogen-bond donors (Lipinski definition) is 1. The number of nitrogens with zero attached hydrogens (tertiary/aromatic N) is 4. The first-order valence-electron chi connectivity index (χ1n) is 7.21. The summed E-state index contributed by atoms with van der Waals surface area (Å²) in [6.07, 6.45) is 6.47. The lowest BCUT2D eigenvalue weighted by Gasteiger charge is -2.33. The van der Waals surface area contributed by atoms with E-state index in [9.17, 15) is 8.42 Å². The van der Waals surface area contributed by atoms with Crippen LogP contribution in [0.1, 0.15) is 12.8 Å². The summed E-state index contributed by atoms with van der Waals surface area (Å²) in [6, 6.07) is 5.61. The molecule has 1 N–H and O–H groups in total. The number of rotatable bonds is 4. The molecule has 1 unspecified atom stereocenters. The van der Waals surface area contributed by atoms with E-state index in [2.05, 4.69) is 19.6 Å². The second-order valence-corrected chi connectivity index (χ2v) is 7.13. The Morgan fingerprint density at radius 2 is 2.18 bits per heavy atom. The summed E-state index contributed by atoms with van der Waals surface area (Å²) in [5.74, 6) is 0.879. The Kier molecular flexibility index (Phi) is 4.12. The van der Waals surface area contributed by atoms with Crippen LogP contribution in [-0.2, 0) is 17.1 Å². The van der Waals surface area contributed by atoms with E-state index in [1.54, 1.807) is 17.8 Å². The average Bonchev–Trinajstić information content (AvgIpc) is 2.96. The van der Waals surface area contributed by atoms with Gasteiger partial charge in [-0.3, -0.25) is 0 Å². The molecule has 7 nitrogen and oxygen atoms in total. The third kappa shape index (κ3) is 3.28. The Morgan fingerprint density at radius 1 is 1.32 bits per heavy atom. The molecule has 0 amide bonds. The number of aryl methyl sites for hydroxylation is 1. The topological polar surface area (TPSA) is 80.1 Å². The number of piperidine rings is 1. The molecule has 8 heteroatoms. The fraction of sp³-hybridized carbons (Fsp3) is 0.429. The van der Waals surface area contributed by atoms with Crippen molar-refractivity contribution in [2.75, 3.05) is 18.0 Å². The van der Waals surface area contributed by atoms with E-state index in [0.29, 0.717) is 6.54 Å². The third-order valence-corrected chi connectivity index (χ3v) is 5.08. The van der Waals surface area contributed by atoms with Gasteiger partial charge in [-0.15, -0.1) is 0 Å². The fourth-order valence-electron chi connectivity index (χ4n) is 2.63. The summed E-state index contributed by atoms with van der Waals surface area (Å²) in [5, 5.41) is 0.0601. The van der Waals surface area contributed by atoms with Gasteiger partial charge in [0.05, 0.1) is 6.33 Å². The van der Waals surface area contributed by atoms with E-state index in [0.717, 1.165) is 25.2 Å². The van der Waals surface area contributed by atoms with E-state index in [1.807, 2.05) is 18.2 Å². The second-order valence-electron chi connectivity index (χ2n) is 5.47. The predicted octanol–water partition coefficient (Wildman–Crippen LogP) is 0.762. The molecular formula is C14H19N5O2S. The van der Waals surface area contributed by atoms with Crippen molar-refractivity contribution in [2.45, 2.75) is 23.9 Å². The minimum atomic E-state index is -3.57. The molecule has 3 heterocycles. The highest BCUT2D eigenvalue weighted by Crippen LogP contribution is 2.18. The van der Waals surface area contributed by atoms with Crippen molar-refractivity contribution in [3.8, 4) is 0 Å². The standard InChI is InChI=1S/C14H19N5O2S/c1-18-10-14(16-11-18)22(20,21)17-12-5-4-8-19(9-12)13-6-2-3-7-15-13/h2-3,6-7,10-12,17H,4-5,8-9H2,1H3. The predicted molar refractivity (Wildman–Crippen MR) is 83.0 cm³/mol. The molecule has 1 fully saturated rings. The lowest BCUT2D eigenvalue weighted by Crippen LogP contribution is -2.48. The van der Waals surface area contributed by atoms with Gasteiger partial charge in [-0.1, -0.05) is 6.07 Å². The summed E-state index contributed by atoms with van der Waals surface area (Å²) in [7, 11) is -1.83. The van der Waals surface area contributed by atoms with E-state index >= 15 is 0 Å². The molecule has 1 atom stereocenters. The van der Waals surface area contributed by atoms with Crippen LogP contribution >= 0.6 is 0 Å². The highest BCUT2D eigenvalue weighted by molar-refractivity contribution is 7.89. The Morgan fingerprint density at radius 3 is 2.86 bits per heavy atom. The van der Waals surface area contributed by atoms with Gasteiger partial charge in [0.2, 0.25) is 0 Å². The van der Waals surface area contributed by atoms with Crippen LogP contribution in [0.5, 0.6) is 0 Å². The van der Waals surface area contributed by atoms with Crippen LogP contribution in [0.15, 0.2) is 41.9 Å². The van der Waals surface area contributed by atoms with Gasteiger partial charge in [0.15, 0.2) is 5.03 Å². The number of nitrogens with one attached hydrogen (secondary N) is 1. The molecule has 0 saturated carbocycles. The minimum Gasteiger partial charge on any atom is -0.355 e. The van der Waals surface area contributed by atoms with Crippen molar-refractivity contribution in [1.29, 1.82) is 0 Å². The van der Waals surface area contributed by atoms with Gasteiger partial charge in [-0.05, 0) is 25.0 Å². The largest absolute Gasteiger partial charge is 0.355 e. The van der Waals surface area contributed by atoms with Crippen LogP contribution in [-0.4, -0.2) is 42.1 Å². The molecule has 1 aliphatic heterocycles. The monoisotopic (exact) mass is 321 g/mol. The van der Waals surface area contributed by atoms with Crippen LogP contribution in [0.25, 0.3) is 0 Å². The maximum Gasteiger partial charge on any atom is 0.259 e. The maximum absolute atomic E-state index is 12.3. The molecule has 0 aromatic carbocycles. The molecule has 1 saturated heterocycles. The van der Waals surface area contributed by atoms with Crippen molar-refractivity contribution < 1.29 is 8.42 Å². The van der Waals surface area contributed by atoms with Gasteiger partial charge in [0.25, 0.3) is 10.0 Å². The van der Waals surface area contributed by atoms with Gasteiger partial charge in [0.1, 0.15) is 5.82 Å². The van der Waals surface area contributed by atoms with Crippen molar-refractivity contribution in [3.63, 3.8) is 0 Å². The third-order valence-electron chi connectivity index (χ3n) is 3.67. The minimum absolute atomic E-state index is 0.0601. The Balaban J connectivity index is 1.70. The van der Waals surface area contributed by atoms with Gasteiger partial charge in [-0.25, -0.2) is 23.1 Å². The quantitative estimate of drug-likeness (QED) is 0.899. The molecule has 0 aliphatic carbocycles. The summed E-state index contributed by atoms with van der Waals surface area (Å²) in [4.78, 5) is 10.4. The van der Waals surface area contributed by atoms with Crippen LogP contribution in [0.2, 0.25) is 0 Å². The summed E-state index contributed by atoms with van der Waals surface area (Å²) in [6.45, 7) is 1.50. The van der Waals surface area contributed by atoms with Crippen molar-refractivity contribution in [3.05, 3.63) is 36.9 Å². The van der Waals surface area contributed by atoms with Gasteiger partial charge >= 0.3 is 0 Å². The first-order chi connectivity index (χ1) is 10.5. The van der Waals surface area contributed by atoms with Crippen LogP contribution in [0.3, 0.4) is 0 Å². The molecular weight excluding hydrogens is 302 g/mol. The maximum atomic E-state index is 12.3. The number of pyridine rings is 1. The molecule has 0 bridgehead atoms. The zero-order chi connectivity index (χ0) is 15.6. The molecule has 2 aromatic heterocycles. The molecule has 3 rings (SSSR count). The van der Waals surface area contributed by atoms with Crippen LogP contribution in [0.4, 0.5) is 5.82 Å². The molecule has 0 spiro atoms. The summed E-state index contributed by atoms with van der Waals surface area (Å²) < 4.78 is 29.0. The molecule has 0 radical (unpaired) electrons. The number of imidazole rings is 1. The van der Waals surface area contributed by atoms with Crippen LogP contribution in [0, 0.1) is 0 Å². The van der Waals surface area contributed by atoms with E-state index in [-0.39, 0.29) is 11.1 Å². The highest BCUT2D eigenvalue weighted by atomic mass is 32.2. The zero-order valence-corrected chi connectivity index (χ0v) is 13.2. The lowest BCUT2D eigenvalue weighted by atomic mass is 10.1. The van der Waals surface area contributed by atoms with E-state index in [4.69, 9.17) is 0 Å². The van der Waals surface area contributed by atoms with Gasteiger partial charge in [0, 0.05) is 38.6 Å². The van der Waals surface area contributed by atoms with Gasteiger partial charge < -0.3 is 9.47 Å². The smallest absolute Gasteiger partial charge is 0.259 e. The normalized spacial score (nSPS) is 19.3. The summed E-state index contributed by atoms with van der Waals surface area (Å²) >= 11 is 0. The number of anilines is 1. The zero-order valence-electron chi connectivity index (χ0n) is 12.4. The van der Waals surface area contributed by atoms with Crippen molar-refractivity contribution in [1.82, 2.24) is 19.3 Å². The average molecular weight is 321 g/mol. The SMILES string of the molecule is Cn1cnc(S(=O)(=O)NC2CCCN(c3ccccn3)C2)c1. The van der Waals surface area contributed by atoms with Crippen molar-refractivity contribution >= 4 is 15.8 Å². The molecule has 1 aliphatic rings. The van der Waals surface area contributed by atoms with E-state index in [1.165, 1.54) is 12.5 Å². The first kappa shape index (κ1) is 15.0. The molecule has 118 valence electrons. The Hall–Kier alpha value is -1.93. The summed E-state index contributed by atoms with van der Waals surface area (Å²) in [5.41, 5.74) is 0. The Bertz CT molecular complexity index is 729. The van der Waals surface area contributed by atoms with E-state index < -0.39 is 10.0 Å².